The molecule has 1 amide bonds. The second kappa shape index (κ2) is 7.04. The first-order valence-electron chi connectivity index (χ1n) is 6.48. The third-order valence-electron chi connectivity index (χ3n) is 3.15. The Hall–Kier alpha value is -0.700. The maximum atomic E-state index is 12.1. The van der Waals surface area contributed by atoms with Gasteiger partial charge in [-0.1, -0.05) is 11.6 Å². The standard InChI is InChI=1S/C12H15BrClN3O3S/c13-9-7-10(12(14)15-8-9)21(19,20)16-4-3-11(18)17-5-1-2-6-17/h7-8,16H,1-6H2. The Morgan fingerprint density at radius 1 is 1.43 bits per heavy atom. The number of halogens is 2. The summed E-state index contributed by atoms with van der Waals surface area (Å²) in [6.45, 7) is 1.56. The van der Waals surface area contributed by atoms with Crippen LogP contribution in [0, 0.1) is 0 Å². The third-order valence-corrected chi connectivity index (χ3v) is 5.47. The second-order valence-electron chi connectivity index (χ2n) is 4.68. The summed E-state index contributed by atoms with van der Waals surface area (Å²) in [5, 5.41) is -0.100. The predicted molar refractivity (Wildman–Crippen MR) is 82.6 cm³/mol. The zero-order chi connectivity index (χ0) is 15.5. The van der Waals surface area contributed by atoms with E-state index in [4.69, 9.17) is 11.6 Å². The number of likely N-dealkylation sites (tertiary alicyclic amines) is 1. The molecule has 2 heterocycles. The van der Waals surface area contributed by atoms with Crippen molar-refractivity contribution in [1.29, 1.82) is 0 Å². The van der Waals surface area contributed by atoms with Crippen LogP contribution in [0.2, 0.25) is 5.15 Å². The molecule has 1 aliphatic heterocycles. The largest absolute Gasteiger partial charge is 0.343 e. The number of hydrogen-bond acceptors (Lipinski definition) is 4. The molecule has 1 saturated heterocycles. The Kier molecular flexibility index (Phi) is 5.59. The van der Waals surface area contributed by atoms with Crippen LogP contribution < -0.4 is 4.72 Å². The molecular formula is C12H15BrClN3O3S. The van der Waals surface area contributed by atoms with Crippen molar-refractivity contribution >= 4 is 43.5 Å². The van der Waals surface area contributed by atoms with Gasteiger partial charge in [-0.2, -0.15) is 0 Å². The average Bonchev–Trinajstić information content (AvgIpc) is 2.95. The van der Waals surface area contributed by atoms with E-state index < -0.39 is 10.0 Å². The summed E-state index contributed by atoms with van der Waals surface area (Å²) >= 11 is 8.95. The van der Waals surface area contributed by atoms with E-state index in [1.807, 2.05) is 0 Å². The highest BCUT2D eigenvalue weighted by molar-refractivity contribution is 9.10. The fraction of sp³-hybridized carbons (Fsp3) is 0.500. The molecule has 0 saturated carbocycles. The van der Waals surface area contributed by atoms with Crippen molar-refractivity contribution in [2.24, 2.45) is 0 Å². The van der Waals surface area contributed by atoms with E-state index in [9.17, 15) is 13.2 Å². The minimum Gasteiger partial charge on any atom is -0.343 e. The molecule has 1 N–H and O–H groups in total. The van der Waals surface area contributed by atoms with E-state index in [1.54, 1.807) is 4.90 Å². The minimum absolute atomic E-state index is 0.0336. The molecule has 0 aromatic carbocycles. The minimum atomic E-state index is -3.78. The van der Waals surface area contributed by atoms with Gasteiger partial charge in [0.25, 0.3) is 0 Å². The van der Waals surface area contributed by atoms with Gasteiger partial charge in [-0.25, -0.2) is 18.1 Å². The van der Waals surface area contributed by atoms with E-state index >= 15 is 0 Å². The topological polar surface area (TPSA) is 79.4 Å². The third kappa shape index (κ3) is 4.38. The summed E-state index contributed by atoms with van der Waals surface area (Å²) in [4.78, 5) is 17.3. The van der Waals surface area contributed by atoms with Gasteiger partial charge in [0, 0.05) is 36.7 Å². The lowest BCUT2D eigenvalue weighted by Crippen LogP contribution is -2.32. The Labute approximate surface area is 137 Å². The van der Waals surface area contributed by atoms with Crippen molar-refractivity contribution in [3.63, 3.8) is 0 Å². The lowest BCUT2D eigenvalue weighted by atomic mass is 10.4. The molecule has 116 valence electrons. The van der Waals surface area contributed by atoms with Crippen LogP contribution in [0.3, 0.4) is 0 Å². The van der Waals surface area contributed by atoms with Crippen LogP contribution in [-0.2, 0) is 14.8 Å². The van der Waals surface area contributed by atoms with Gasteiger partial charge in [0.05, 0.1) is 0 Å². The lowest BCUT2D eigenvalue weighted by molar-refractivity contribution is -0.129. The zero-order valence-electron chi connectivity index (χ0n) is 11.2. The lowest BCUT2D eigenvalue weighted by Gasteiger charge is -2.15. The maximum absolute atomic E-state index is 12.1. The van der Waals surface area contributed by atoms with Crippen molar-refractivity contribution < 1.29 is 13.2 Å². The van der Waals surface area contributed by atoms with Crippen LogP contribution >= 0.6 is 27.5 Å². The van der Waals surface area contributed by atoms with Crippen LogP contribution in [0.4, 0.5) is 0 Å². The molecule has 2 rings (SSSR count). The van der Waals surface area contributed by atoms with Crippen LogP contribution in [0.1, 0.15) is 19.3 Å². The molecule has 1 fully saturated rings. The summed E-state index contributed by atoms with van der Waals surface area (Å²) in [6, 6.07) is 1.37. The predicted octanol–water partition coefficient (Wildman–Crippen LogP) is 1.79. The van der Waals surface area contributed by atoms with Gasteiger partial charge in [0.2, 0.25) is 15.9 Å². The molecule has 0 spiro atoms. The van der Waals surface area contributed by atoms with E-state index in [2.05, 4.69) is 25.6 Å². The fourth-order valence-electron chi connectivity index (χ4n) is 2.09. The van der Waals surface area contributed by atoms with Gasteiger partial charge in [-0.05, 0) is 34.8 Å². The number of carbonyl (C=O) groups excluding carboxylic acids is 1. The van der Waals surface area contributed by atoms with Crippen LogP contribution in [-0.4, -0.2) is 43.8 Å². The number of carbonyl (C=O) groups is 1. The van der Waals surface area contributed by atoms with E-state index in [-0.39, 0.29) is 28.9 Å². The molecule has 0 bridgehead atoms. The fourth-order valence-corrected chi connectivity index (χ4v) is 4.06. The van der Waals surface area contributed by atoms with Gasteiger partial charge >= 0.3 is 0 Å². The number of rotatable bonds is 5. The monoisotopic (exact) mass is 395 g/mol. The summed E-state index contributed by atoms with van der Waals surface area (Å²) in [6.07, 6.45) is 3.57. The molecule has 21 heavy (non-hydrogen) atoms. The Balaban J connectivity index is 1.95. The van der Waals surface area contributed by atoms with Crippen molar-refractivity contribution in [3.8, 4) is 0 Å². The van der Waals surface area contributed by atoms with Gasteiger partial charge < -0.3 is 4.90 Å². The molecule has 6 nitrogen and oxygen atoms in total. The summed E-state index contributed by atoms with van der Waals surface area (Å²) < 4.78 is 27.1. The average molecular weight is 397 g/mol. The number of amides is 1. The van der Waals surface area contributed by atoms with Crippen LogP contribution in [0.15, 0.2) is 21.6 Å². The molecule has 1 aliphatic rings. The Morgan fingerprint density at radius 3 is 2.76 bits per heavy atom. The first-order chi connectivity index (χ1) is 9.90. The smallest absolute Gasteiger partial charge is 0.243 e. The number of nitrogens with one attached hydrogen (secondary N) is 1. The first kappa shape index (κ1) is 16.7. The van der Waals surface area contributed by atoms with Crippen molar-refractivity contribution in [1.82, 2.24) is 14.6 Å². The van der Waals surface area contributed by atoms with E-state index in [1.165, 1.54) is 12.3 Å². The van der Waals surface area contributed by atoms with E-state index in [0.29, 0.717) is 4.47 Å². The van der Waals surface area contributed by atoms with Gasteiger partial charge in [0.15, 0.2) is 0 Å². The SMILES string of the molecule is O=C(CCNS(=O)(=O)c1cc(Br)cnc1Cl)N1CCCC1. The maximum Gasteiger partial charge on any atom is 0.243 e. The summed E-state index contributed by atoms with van der Waals surface area (Å²) in [5.41, 5.74) is 0. The highest BCUT2D eigenvalue weighted by Gasteiger charge is 2.21. The molecule has 0 unspecified atom stereocenters. The Morgan fingerprint density at radius 2 is 2.10 bits per heavy atom. The molecule has 0 aliphatic carbocycles. The zero-order valence-corrected chi connectivity index (χ0v) is 14.3. The number of sulfonamides is 1. The van der Waals surface area contributed by atoms with Crippen molar-refractivity contribution in [2.45, 2.75) is 24.2 Å². The molecule has 0 atom stereocenters. The molecule has 1 aromatic rings. The number of nitrogens with zero attached hydrogens (tertiary/aromatic N) is 2. The molecule has 9 heteroatoms. The summed E-state index contributed by atoms with van der Waals surface area (Å²) in [7, 11) is -3.78. The highest BCUT2D eigenvalue weighted by atomic mass is 79.9. The molecule has 0 radical (unpaired) electrons. The van der Waals surface area contributed by atoms with Crippen LogP contribution in [0.25, 0.3) is 0 Å². The van der Waals surface area contributed by atoms with Crippen molar-refractivity contribution in [2.75, 3.05) is 19.6 Å². The number of hydrogen-bond donors (Lipinski definition) is 1. The normalized spacial score (nSPS) is 15.4. The van der Waals surface area contributed by atoms with E-state index in [0.717, 1.165) is 25.9 Å². The second-order valence-corrected chi connectivity index (χ2v) is 7.69. The first-order valence-corrected chi connectivity index (χ1v) is 9.14. The highest BCUT2D eigenvalue weighted by Crippen LogP contribution is 2.22. The van der Waals surface area contributed by atoms with Gasteiger partial charge in [-0.15, -0.1) is 0 Å². The Bertz CT molecular complexity index is 633. The molecule has 1 aromatic heterocycles. The van der Waals surface area contributed by atoms with Gasteiger partial charge in [0.1, 0.15) is 10.0 Å². The summed E-state index contributed by atoms with van der Waals surface area (Å²) in [5.74, 6) is -0.0336. The van der Waals surface area contributed by atoms with Gasteiger partial charge in [-0.3, -0.25) is 4.79 Å². The number of aromatic nitrogens is 1. The van der Waals surface area contributed by atoms with Crippen molar-refractivity contribution in [3.05, 3.63) is 21.9 Å². The van der Waals surface area contributed by atoms with Crippen LogP contribution in [0.5, 0.6) is 0 Å². The number of pyridine rings is 1. The molecular weight excluding hydrogens is 382 g/mol. The quantitative estimate of drug-likeness (QED) is 0.770.